The first-order valence-corrected chi connectivity index (χ1v) is 7.06. The summed E-state index contributed by atoms with van der Waals surface area (Å²) in [7, 11) is 0. The zero-order valence-corrected chi connectivity index (χ0v) is 13.1. The van der Waals surface area contributed by atoms with Crippen molar-refractivity contribution in [1.82, 2.24) is 5.32 Å². The molecule has 0 aromatic heterocycles. The van der Waals surface area contributed by atoms with Crippen molar-refractivity contribution in [3.8, 4) is 11.5 Å². The van der Waals surface area contributed by atoms with Crippen molar-refractivity contribution in [2.24, 2.45) is 5.73 Å². The molecule has 0 spiro atoms. The lowest BCUT2D eigenvalue weighted by Crippen LogP contribution is -2.25. The van der Waals surface area contributed by atoms with Gasteiger partial charge < -0.3 is 20.5 Å². The van der Waals surface area contributed by atoms with Gasteiger partial charge in [0.05, 0.1) is 13.2 Å². The summed E-state index contributed by atoms with van der Waals surface area (Å²) in [6.45, 7) is 3.74. The Balaban J connectivity index is 0.00000220. The van der Waals surface area contributed by atoms with Crippen LogP contribution < -0.4 is 20.5 Å². The molecular formula is C15H23ClN2O3. The molecule has 1 atom stereocenters. The highest BCUT2D eigenvalue weighted by molar-refractivity contribution is 5.85. The summed E-state index contributed by atoms with van der Waals surface area (Å²) in [5.41, 5.74) is 6.63. The number of ether oxygens (including phenoxy) is 2. The molecule has 1 unspecified atom stereocenters. The molecule has 1 heterocycles. The van der Waals surface area contributed by atoms with Crippen LogP contribution in [0.3, 0.4) is 0 Å². The molecule has 0 fully saturated rings. The van der Waals surface area contributed by atoms with Gasteiger partial charge in [0.15, 0.2) is 11.5 Å². The Bertz CT molecular complexity index is 466. The minimum atomic E-state index is 0. The number of benzene rings is 1. The Kier molecular flexibility index (Phi) is 7.32. The number of rotatable bonds is 5. The summed E-state index contributed by atoms with van der Waals surface area (Å²) in [6.07, 6.45) is 2.05. The highest BCUT2D eigenvalue weighted by atomic mass is 35.5. The van der Waals surface area contributed by atoms with Gasteiger partial charge in [-0.15, -0.1) is 12.4 Å². The summed E-state index contributed by atoms with van der Waals surface area (Å²) in [4.78, 5) is 11.6. The van der Waals surface area contributed by atoms with Gasteiger partial charge >= 0.3 is 0 Å². The first-order chi connectivity index (χ1) is 9.65. The molecule has 0 saturated carbocycles. The fraction of sp³-hybridized carbons (Fsp3) is 0.533. The standard InChI is InChI=1S/C15H22N2O3.ClH/c1-11(16)3-6-15(18)17-10-12-4-5-13-14(9-12)20-8-2-7-19-13;/h4-5,9,11H,2-3,6-8,10,16H2,1H3,(H,17,18);1H. The second-order valence-electron chi connectivity index (χ2n) is 5.12. The second-order valence-corrected chi connectivity index (χ2v) is 5.12. The fourth-order valence-electron chi connectivity index (χ4n) is 1.97. The predicted molar refractivity (Wildman–Crippen MR) is 84.0 cm³/mol. The van der Waals surface area contributed by atoms with Crippen LogP contribution in [0.4, 0.5) is 0 Å². The number of fused-ring (bicyclic) bond motifs is 1. The molecule has 1 aromatic carbocycles. The maximum Gasteiger partial charge on any atom is 0.220 e. The van der Waals surface area contributed by atoms with E-state index < -0.39 is 0 Å². The molecule has 0 aliphatic carbocycles. The number of amides is 1. The monoisotopic (exact) mass is 314 g/mol. The summed E-state index contributed by atoms with van der Waals surface area (Å²) < 4.78 is 11.2. The van der Waals surface area contributed by atoms with Crippen molar-refractivity contribution in [1.29, 1.82) is 0 Å². The van der Waals surface area contributed by atoms with Gasteiger partial charge in [-0.2, -0.15) is 0 Å². The summed E-state index contributed by atoms with van der Waals surface area (Å²) in [6, 6.07) is 5.81. The number of hydrogen-bond acceptors (Lipinski definition) is 4. The van der Waals surface area contributed by atoms with Gasteiger partial charge in [0.1, 0.15) is 0 Å². The highest BCUT2D eigenvalue weighted by Crippen LogP contribution is 2.30. The lowest BCUT2D eigenvalue weighted by Gasteiger charge is -2.10. The number of nitrogens with one attached hydrogen (secondary N) is 1. The number of hydrogen-bond donors (Lipinski definition) is 2. The van der Waals surface area contributed by atoms with Gasteiger partial charge in [0.2, 0.25) is 5.91 Å². The van der Waals surface area contributed by atoms with E-state index in [1.165, 1.54) is 0 Å². The van der Waals surface area contributed by atoms with E-state index >= 15 is 0 Å². The third-order valence-corrected chi connectivity index (χ3v) is 3.13. The minimum absolute atomic E-state index is 0. The van der Waals surface area contributed by atoms with Gasteiger partial charge in [-0.05, 0) is 31.0 Å². The first-order valence-electron chi connectivity index (χ1n) is 7.06. The Morgan fingerprint density at radius 1 is 1.33 bits per heavy atom. The van der Waals surface area contributed by atoms with Gasteiger partial charge in [-0.25, -0.2) is 0 Å². The number of carbonyl (C=O) groups is 1. The number of halogens is 1. The van der Waals surface area contributed by atoms with Crippen LogP contribution in [-0.4, -0.2) is 25.2 Å². The molecule has 21 heavy (non-hydrogen) atoms. The van der Waals surface area contributed by atoms with Crippen LogP contribution in [0.5, 0.6) is 11.5 Å². The van der Waals surface area contributed by atoms with Gasteiger partial charge in [0, 0.05) is 25.4 Å². The molecule has 1 aliphatic rings. The predicted octanol–water partition coefficient (Wildman–Crippen LogP) is 2.01. The maximum absolute atomic E-state index is 11.6. The van der Waals surface area contributed by atoms with E-state index in [-0.39, 0.29) is 24.4 Å². The Hall–Kier alpha value is -1.46. The SMILES string of the molecule is CC(N)CCC(=O)NCc1ccc2c(c1)OCCCO2.Cl. The van der Waals surface area contributed by atoms with Gasteiger partial charge in [-0.3, -0.25) is 4.79 Å². The molecule has 1 amide bonds. The summed E-state index contributed by atoms with van der Waals surface area (Å²) in [5.74, 6) is 1.55. The third-order valence-electron chi connectivity index (χ3n) is 3.13. The van der Waals surface area contributed by atoms with Crippen molar-refractivity contribution in [2.45, 2.75) is 38.8 Å². The molecule has 6 heteroatoms. The van der Waals surface area contributed by atoms with Crippen LogP contribution >= 0.6 is 12.4 Å². The van der Waals surface area contributed by atoms with Crippen molar-refractivity contribution >= 4 is 18.3 Å². The van der Waals surface area contributed by atoms with Crippen molar-refractivity contribution in [2.75, 3.05) is 13.2 Å². The minimum Gasteiger partial charge on any atom is -0.490 e. The first kappa shape index (κ1) is 17.6. The fourth-order valence-corrected chi connectivity index (χ4v) is 1.97. The lowest BCUT2D eigenvalue weighted by molar-refractivity contribution is -0.121. The van der Waals surface area contributed by atoms with Crippen LogP contribution in [-0.2, 0) is 11.3 Å². The highest BCUT2D eigenvalue weighted by Gasteiger charge is 2.11. The molecule has 3 N–H and O–H groups in total. The number of carbonyl (C=O) groups excluding carboxylic acids is 1. The van der Waals surface area contributed by atoms with Gasteiger partial charge in [-0.1, -0.05) is 6.07 Å². The Labute approximate surface area is 131 Å². The molecule has 0 saturated heterocycles. The number of nitrogens with two attached hydrogens (primary N) is 1. The molecule has 1 aromatic rings. The average molecular weight is 315 g/mol. The molecule has 5 nitrogen and oxygen atoms in total. The zero-order valence-electron chi connectivity index (χ0n) is 12.3. The Morgan fingerprint density at radius 2 is 2.05 bits per heavy atom. The quantitative estimate of drug-likeness (QED) is 0.872. The molecule has 118 valence electrons. The average Bonchev–Trinajstić information content (AvgIpc) is 2.67. The molecule has 1 aliphatic heterocycles. The largest absolute Gasteiger partial charge is 0.490 e. The van der Waals surface area contributed by atoms with E-state index in [9.17, 15) is 4.79 Å². The topological polar surface area (TPSA) is 73.6 Å². The van der Waals surface area contributed by atoms with Crippen LogP contribution in [0.2, 0.25) is 0 Å². The molecule has 2 rings (SSSR count). The second kappa shape index (κ2) is 8.74. The van der Waals surface area contributed by atoms with Crippen molar-refractivity contribution in [3.63, 3.8) is 0 Å². The van der Waals surface area contributed by atoms with Gasteiger partial charge in [0.25, 0.3) is 0 Å². The van der Waals surface area contributed by atoms with E-state index in [0.29, 0.717) is 32.6 Å². The molecule has 0 bridgehead atoms. The Morgan fingerprint density at radius 3 is 2.76 bits per heavy atom. The smallest absolute Gasteiger partial charge is 0.220 e. The molecule has 0 radical (unpaired) electrons. The normalized spacial score (nSPS) is 14.6. The van der Waals surface area contributed by atoms with E-state index in [0.717, 1.165) is 23.5 Å². The lowest BCUT2D eigenvalue weighted by atomic mass is 10.1. The van der Waals surface area contributed by atoms with E-state index in [4.69, 9.17) is 15.2 Å². The summed E-state index contributed by atoms with van der Waals surface area (Å²) >= 11 is 0. The van der Waals surface area contributed by atoms with Crippen molar-refractivity contribution in [3.05, 3.63) is 23.8 Å². The third kappa shape index (κ3) is 5.81. The van der Waals surface area contributed by atoms with E-state index in [1.807, 2.05) is 25.1 Å². The zero-order chi connectivity index (χ0) is 14.4. The van der Waals surface area contributed by atoms with Crippen LogP contribution in [0.15, 0.2) is 18.2 Å². The molecular weight excluding hydrogens is 292 g/mol. The van der Waals surface area contributed by atoms with E-state index in [2.05, 4.69) is 5.32 Å². The van der Waals surface area contributed by atoms with Crippen LogP contribution in [0.1, 0.15) is 31.7 Å². The van der Waals surface area contributed by atoms with Crippen molar-refractivity contribution < 1.29 is 14.3 Å². The van der Waals surface area contributed by atoms with Crippen LogP contribution in [0, 0.1) is 0 Å². The summed E-state index contributed by atoms with van der Waals surface area (Å²) in [5, 5.41) is 2.89. The van der Waals surface area contributed by atoms with Crippen LogP contribution in [0.25, 0.3) is 0 Å². The van der Waals surface area contributed by atoms with E-state index in [1.54, 1.807) is 0 Å². The maximum atomic E-state index is 11.6.